The molecule has 16 heavy (non-hydrogen) atoms. The average molecular weight is 220 g/mol. The fraction of sp³-hybridized carbons (Fsp3) is 0.300. The zero-order chi connectivity index (χ0) is 11.7. The summed E-state index contributed by atoms with van der Waals surface area (Å²) in [5.74, 6) is -0.159. The normalized spacial score (nSPS) is 10.6. The molecule has 2 aromatic rings. The maximum atomic E-state index is 11.7. The molecule has 84 valence electrons. The van der Waals surface area contributed by atoms with Gasteiger partial charge < -0.3 is 5.32 Å². The third-order valence-corrected chi connectivity index (χ3v) is 2.46. The molecular weight excluding hydrogens is 208 g/mol. The Morgan fingerprint density at radius 3 is 3.06 bits per heavy atom. The second-order valence-electron chi connectivity index (χ2n) is 3.56. The molecule has 0 aliphatic heterocycles. The first-order valence-corrected chi connectivity index (χ1v) is 4.88. The van der Waals surface area contributed by atoms with Gasteiger partial charge in [0.1, 0.15) is 6.33 Å². The lowest BCUT2D eigenvalue weighted by molar-refractivity contribution is -0.119. The van der Waals surface area contributed by atoms with Crippen LogP contribution in [0.3, 0.4) is 0 Å². The van der Waals surface area contributed by atoms with Crippen molar-refractivity contribution in [2.24, 2.45) is 0 Å². The summed E-state index contributed by atoms with van der Waals surface area (Å²) in [4.78, 5) is 26.6. The van der Waals surface area contributed by atoms with Crippen molar-refractivity contribution in [1.82, 2.24) is 19.9 Å². The number of hydrogen-bond acceptors (Lipinski definition) is 3. The minimum atomic E-state index is -0.159. The van der Waals surface area contributed by atoms with Crippen LogP contribution in [0.1, 0.15) is 18.2 Å². The van der Waals surface area contributed by atoms with Crippen molar-refractivity contribution in [2.45, 2.75) is 20.4 Å². The van der Waals surface area contributed by atoms with Crippen LogP contribution < -0.4 is 10.7 Å². The Morgan fingerprint density at radius 2 is 2.38 bits per heavy atom. The maximum Gasteiger partial charge on any atom is 0.217 e. The van der Waals surface area contributed by atoms with Gasteiger partial charge in [0.25, 0.3) is 0 Å². The number of amides is 1. The summed E-state index contributed by atoms with van der Waals surface area (Å²) in [7, 11) is 0. The maximum absolute atomic E-state index is 11.7. The first-order chi connectivity index (χ1) is 7.59. The largest absolute Gasteiger partial charge is 0.352 e. The number of fused-ring (bicyclic) bond motifs is 1. The lowest BCUT2D eigenvalue weighted by atomic mass is 10.2. The van der Waals surface area contributed by atoms with E-state index in [-0.39, 0.29) is 17.9 Å². The number of hydrogen-bond donors (Lipinski definition) is 2. The highest BCUT2D eigenvalue weighted by molar-refractivity contribution is 5.72. The van der Waals surface area contributed by atoms with Crippen molar-refractivity contribution in [1.29, 1.82) is 0 Å². The molecule has 2 heterocycles. The summed E-state index contributed by atoms with van der Waals surface area (Å²) in [6, 6.07) is 1.45. The van der Waals surface area contributed by atoms with Gasteiger partial charge in [-0.05, 0) is 6.92 Å². The molecule has 2 aromatic heterocycles. The Labute approximate surface area is 91.3 Å². The van der Waals surface area contributed by atoms with Gasteiger partial charge in [0, 0.05) is 30.8 Å². The monoisotopic (exact) mass is 220 g/mol. The van der Waals surface area contributed by atoms with E-state index < -0.39 is 0 Å². The van der Waals surface area contributed by atoms with Crippen LogP contribution in [0.4, 0.5) is 0 Å². The Balaban J connectivity index is 2.51. The van der Waals surface area contributed by atoms with E-state index in [1.807, 2.05) is 6.92 Å². The highest BCUT2D eigenvalue weighted by Gasteiger charge is 2.09. The predicted molar refractivity (Wildman–Crippen MR) is 58.1 cm³/mol. The summed E-state index contributed by atoms with van der Waals surface area (Å²) < 4.78 is 1.71. The Morgan fingerprint density at radius 1 is 1.62 bits per heavy atom. The topological polar surface area (TPSA) is 79.3 Å². The Kier molecular flexibility index (Phi) is 2.47. The summed E-state index contributed by atoms with van der Waals surface area (Å²) >= 11 is 0. The third-order valence-electron chi connectivity index (χ3n) is 2.46. The average Bonchev–Trinajstić information content (AvgIpc) is 2.64. The predicted octanol–water partition coefficient (Wildman–Crippen LogP) is -0.0329. The second kappa shape index (κ2) is 3.80. The number of carbonyl (C=O) groups is 1. The van der Waals surface area contributed by atoms with Gasteiger partial charge in [-0.1, -0.05) is 0 Å². The molecule has 0 aliphatic carbocycles. The number of nitrogens with one attached hydrogen (secondary N) is 2. The van der Waals surface area contributed by atoms with Gasteiger partial charge >= 0.3 is 0 Å². The number of aromatic nitrogens is 3. The first kappa shape index (κ1) is 10.4. The molecule has 6 heteroatoms. The number of rotatable bonds is 2. The van der Waals surface area contributed by atoms with Crippen LogP contribution in [0.2, 0.25) is 0 Å². The van der Waals surface area contributed by atoms with Crippen molar-refractivity contribution in [2.75, 3.05) is 0 Å². The minimum absolute atomic E-state index is 0.113. The van der Waals surface area contributed by atoms with Gasteiger partial charge in [0.05, 0.1) is 0 Å². The molecule has 0 saturated carbocycles. The minimum Gasteiger partial charge on any atom is -0.352 e. The van der Waals surface area contributed by atoms with Gasteiger partial charge in [-0.3, -0.25) is 14.7 Å². The molecule has 0 saturated heterocycles. The Bertz CT molecular complexity index is 596. The molecule has 2 rings (SSSR count). The second-order valence-corrected chi connectivity index (χ2v) is 3.56. The zero-order valence-electron chi connectivity index (χ0n) is 9.07. The van der Waals surface area contributed by atoms with E-state index in [0.717, 1.165) is 5.69 Å². The number of H-pyrrole nitrogens is 1. The molecular formula is C10H12N4O2. The molecule has 6 nitrogen and oxygen atoms in total. The molecule has 0 atom stereocenters. The summed E-state index contributed by atoms with van der Waals surface area (Å²) in [6.45, 7) is 3.47. The van der Waals surface area contributed by atoms with Crippen LogP contribution >= 0.6 is 0 Å². The van der Waals surface area contributed by atoms with Crippen LogP contribution in [-0.2, 0) is 11.3 Å². The number of nitrogens with zero attached hydrogens (tertiary/aromatic N) is 2. The van der Waals surface area contributed by atoms with Crippen molar-refractivity contribution >= 4 is 11.6 Å². The fourth-order valence-electron chi connectivity index (χ4n) is 1.59. The number of aromatic amines is 1. The van der Waals surface area contributed by atoms with Crippen molar-refractivity contribution in [3.63, 3.8) is 0 Å². The van der Waals surface area contributed by atoms with Gasteiger partial charge in [0.15, 0.2) is 11.1 Å². The molecule has 2 N–H and O–H groups in total. The van der Waals surface area contributed by atoms with E-state index in [4.69, 9.17) is 0 Å². The summed E-state index contributed by atoms with van der Waals surface area (Å²) in [5, 5.41) is 5.51. The Hall–Kier alpha value is -2.11. The zero-order valence-corrected chi connectivity index (χ0v) is 9.07. The van der Waals surface area contributed by atoms with E-state index in [9.17, 15) is 9.59 Å². The molecule has 0 bridgehead atoms. The van der Waals surface area contributed by atoms with Gasteiger partial charge in [-0.25, -0.2) is 9.50 Å². The van der Waals surface area contributed by atoms with Crippen LogP contribution in [0.5, 0.6) is 0 Å². The van der Waals surface area contributed by atoms with Gasteiger partial charge in [0.2, 0.25) is 5.91 Å². The summed E-state index contributed by atoms with van der Waals surface area (Å²) in [6.07, 6.45) is 1.52. The molecule has 0 unspecified atom stereocenters. The summed E-state index contributed by atoms with van der Waals surface area (Å²) in [5.41, 5.74) is 1.79. The molecule has 0 aliphatic rings. The van der Waals surface area contributed by atoms with Crippen molar-refractivity contribution in [3.8, 4) is 0 Å². The smallest absolute Gasteiger partial charge is 0.217 e. The molecule has 1 amide bonds. The van der Waals surface area contributed by atoms with Crippen molar-refractivity contribution in [3.05, 3.63) is 33.9 Å². The fourth-order valence-corrected chi connectivity index (χ4v) is 1.59. The lowest BCUT2D eigenvalue weighted by Gasteiger charge is -2.07. The molecule has 0 fully saturated rings. The highest BCUT2D eigenvalue weighted by Crippen LogP contribution is 2.04. The van der Waals surface area contributed by atoms with E-state index >= 15 is 0 Å². The van der Waals surface area contributed by atoms with Gasteiger partial charge in [-0.2, -0.15) is 0 Å². The highest BCUT2D eigenvalue weighted by atomic mass is 16.1. The molecule has 0 radical (unpaired) electrons. The van der Waals surface area contributed by atoms with Crippen LogP contribution in [0, 0.1) is 6.92 Å². The van der Waals surface area contributed by atoms with Crippen LogP contribution in [-0.4, -0.2) is 20.5 Å². The lowest BCUT2D eigenvalue weighted by Crippen LogP contribution is -2.25. The standard InChI is InChI=1S/C10H12N4O2/c1-6-8(4-11-7(2)15)9(16)3-10-12-5-13-14(6)10/h3,5H,4H2,1-2H3,(H,11,15)(H,12,13). The van der Waals surface area contributed by atoms with Crippen molar-refractivity contribution < 1.29 is 4.79 Å². The first-order valence-electron chi connectivity index (χ1n) is 4.88. The van der Waals surface area contributed by atoms with E-state index in [1.165, 1.54) is 19.3 Å². The van der Waals surface area contributed by atoms with Crippen LogP contribution in [0.15, 0.2) is 17.2 Å². The number of aryl methyl sites for hydroxylation is 1. The van der Waals surface area contributed by atoms with Crippen LogP contribution in [0.25, 0.3) is 5.65 Å². The van der Waals surface area contributed by atoms with Gasteiger partial charge in [-0.15, -0.1) is 0 Å². The molecule has 0 spiro atoms. The third kappa shape index (κ3) is 1.69. The van der Waals surface area contributed by atoms with E-state index in [1.54, 1.807) is 4.52 Å². The quantitative estimate of drug-likeness (QED) is 0.745. The van der Waals surface area contributed by atoms with E-state index in [2.05, 4.69) is 15.4 Å². The molecule has 0 aromatic carbocycles. The SMILES string of the molecule is CC(=O)NCc1c(C)n2[nH]cnc2cc1=O. The number of carbonyl (C=O) groups excluding carboxylic acids is 1. The van der Waals surface area contributed by atoms with E-state index in [0.29, 0.717) is 11.2 Å². The number of pyridine rings is 1.